The van der Waals surface area contributed by atoms with Crippen molar-refractivity contribution in [1.29, 1.82) is 0 Å². The molecule has 0 unspecified atom stereocenters. The summed E-state index contributed by atoms with van der Waals surface area (Å²) in [6.45, 7) is 2.34. The lowest BCUT2D eigenvalue weighted by Gasteiger charge is -2.34. The molecule has 0 saturated heterocycles. The number of benzene rings is 3. The minimum absolute atomic E-state index is 0.110. The number of carbonyl (C=O) groups is 2. The van der Waals surface area contributed by atoms with Crippen LogP contribution in [0.15, 0.2) is 72.8 Å². The Bertz CT molecular complexity index is 1230. The fourth-order valence-electron chi connectivity index (χ4n) is 5.06. The van der Waals surface area contributed by atoms with E-state index in [1.807, 2.05) is 61.5 Å². The fraction of sp³-hybridized carbons (Fsp3) is 0.375. The molecule has 1 aliphatic rings. The Balaban J connectivity index is 1.59. The molecular formula is C32H36ClFN2O2S. The maximum Gasteiger partial charge on any atom is 0.243 e. The Morgan fingerprint density at radius 2 is 1.72 bits per heavy atom. The number of hydrogen-bond acceptors (Lipinski definition) is 3. The van der Waals surface area contributed by atoms with E-state index in [2.05, 4.69) is 5.32 Å². The second-order valence-corrected chi connectivity index (χ2v) is 11.6. The second kappa shape index (κ2) is 14.5. The van der Waals surface area contributed by atoms with Crippen molar-refractivity contribution in [3.63, 3.8) is 0 Å². The van der Waals surface area contributed by atoms with E-state index in [-0.39, 0.29) is 35.2 Å². The largest absolute Gasteiger partial charge is 0.352 e. The van der Waals surface area contributed by atoms with Crippen LogP contribution in [0, 0.1) is 12.7 Å². The van der Waals surface area contributed by atoms with Crippen molar-refractivity contribution < 1.29 is 14.0 Å². The number of rotatable bonds is 11. The fourth-order valence-corrected chi connectivity index (χ4v) is 6.31. The first-order chi connectivity index (χ1) is 18.9. The first-order valence-corrected chi connectivity index (χ1v) is 15.1. The molecule has 0 radical (unpaired) electrons. The predicted octanol–water partition coefficient (Wildman–Crippen LogP) is 7.11. The SMILES string of the molecule is Cc1ccccc1CN(C(=O)CSCc1c(F)cccc1Cl)[C@H](Cc1ccccc1)C(=O)NC1CCCCC1. The van der Waals surface area contributed by atoms with E-state index >= 15 is 0 Å². The van der Waals surface area contributed by atoms with Gasteiger partial charge in [-0.25, -0.2) is 4.39 Å². The van der Waals surface area contributed by atoms with E-state index in [0.717, 1.165) is 42.4 Å². The summed E-state index contributed by atoms with van der Waals surface area (Å²) in [6, 6.07) is 21.8. The number of carbonyl (C=O) groups excluding carboxylic acids is 2. The Morgan fingerprint density at radius 1 is 1.00 bits per heavy atom. The summed E-state index contributed by atoms with van der Waals surface area (Å²) < 4.78 is 14.3. The lowest BCUT2D eigenvalue weighted by molar-refractivity contribution is -0.139. The van der Waals surface area contributed by atoms with Crippen LogP contribution in [0.2, 0.25) is 5.02 Å². The molecular weight excluding hydrogens is 531 g/mol. The van der Waals surface area contributed by atoms with Crippen LogP contribution in [-0.4, -0.2) is 34.6 Å². The number of amides is 2. The number of aryl methyl sites for hydroxylation is 1. The molecule has 4 rings (SSSR count). The molecule has 1 aliphatic carbocycles. The van der Waals surface area contributed by atoms with Crippen LogP contribution in [0.4, 0.5) is 4.39 Å². The molecule has 1 N–H and O–H groups in total. The van der Waals surface area contributed by atoms with Gasteiger partial charge in [0.1, 0.15) is 11.9 Å². The highest BCUT2D eigenvalue weighted by Crippen LogP contribution is 2.25. The van der Waals surface area contributed by atoms with Crippen molar-refractivity contribution >= 4 is 35.2 Å². The first-order valence-electron chi connectivity index (χ1n) is 13.6. The molecule has 3 aromatic carbocycles. The maximum atomic E-state index is 14.3. The Kier molecular flexibility index (Phi) is 10.9. The zero-order valence-corrected chi connectivity index (χ0v) is 23.9. The van der Waals surface area contributed by atoms with Gasteiger partial charge in [0.25, 0.3) is 0 Å². The van der Waals surface area contributed by atoms with Gasteiger partial charge in [-0.05, 0) is 48.6 Å². The van der Waals surface area contributed by atoms with E-state index < -0.39 is 6.04 Å². The van der Waals surface area contributed by atoms with E-state index in [1.54, 1.807) is 17.0 Å². The topological polar surface area (TPSA) is 49.4 Å². The van der Waals surface area contributed by atoms with Gasteiger partial charge in [0.05, 0.1) is 5.75 Å². The Hall–Kier alpha value is -2.83. The van der Waals surface area contributed by atoms with Crippen molar-refractivity contribution in [3.8, 4) is 0 Å². The molecule has 7 heteroatoms. The first kappa shape index (κ1) is 29.2. The normalized spacial score (nSPS) is 14.5. The minimum Gasteiger partial charge on any atom is -0.352 e. The summed E-state index contributed by atoms with van der Waals surface area (Å²) in [7, 11) is 0. The van der Waals surface area contributed by atoms with Crippen LogP contribution in [0.3, 0.4) is 0 Å². The van der Waals surface area contributed by atoms with Gasteiger partial charge >= 0.3 is 0 Å². The number of nitrogens with one attached hydrogen (secondary N) is 1. The molecule has 0 heterocycles. The average Bonchev–Trinajstić information content (AvgIpc) is 2.94. The molecule has 0 aliphatic heterocycles. The monoisotopic (exact) mass is 566 g/mol. The molecule has 2 amide bonds. The molecule has 0 bridgehead atoms. The summed E-state index contributed by atoms with van der Waals surface area (Å²) >= 11 is 7.51. The lowest BCUT2D eigenvalue weighted by Crippen LogP contribution is -2.53. The van der Waals surface area contributed by atoms with Gasteiger partial charge in [0.2, 0.25) is 11.8 Å². The maximum absolute atomic E-state index is 14.3. The molecule has 1 atom stereocenters. The summed E-state index contributed by atoms with van der Waals surface area (Å²) in [5.74, 6) is -0.274. The van der Waals surface area contributed by atoms with Gasteiger partial charge in [0.15, 0.2) is 0 Å². The van der Waals surface area contributed by atoms with Gasteiger partial charge < -0.3 is 10.2 Å². The molecule has 1 saturated carbocycles. The highest BCUT2D eigenvalue weighted by Gasteiger charge is 2.32. The number of thioether (sulfide) groups is 1. The average molecular weight is 567 g/mol. The Labute approximate surface area is 240 Å². The van der Waals surface area contributed by atoms with Crippen molar-refractivity contribution in [2.45, 2.75) is 69.8 Å². The second-order valence-electron chi connectivity index (χ2n) is 10.2. The van der Waals surface area contributed by atoms with Crippen LogP contribution >= 0.6 is 23.4 Å². The molecule has 0 spiro atoms. The summed E-state index contributed by atoms with van der Waals surface area (Å²) in [4.78, 5) is 29.4. The molecule has 206 valence electrons. The predicted molar refractivity (Wildman–Crippen MR) is 158 cm³/mol. The van der Waals surface area contributed by atoms with E-state index in [1.165, 1.54) is 24.2 Å². The third kappa shape index (κ3) is 8.33. The van der Waals surface area contributed by atoms with E-state index in [9.17, 15) is 14.0 Å². The minimum atomic E-state index is -0.668. The number of nitrogens with zero attached hydrogens (tertiary/aromatic N) is 1. The highest BCUT2D eigenvalue weighted by molar-refractivity contribution is 7.99. The summed E-state index contributed by atoms with van der Waals surface area (Å²) in [6.07, 6.45) is 5.76. The van der Waals surface area contributed by atoms with Crippen molar-refractivity contribution in [2.24, 2.45) is 0 Å². The van der Waals surface area contributed by atoms with Crippen LogP contribution in [-0.2, 0) is 28.3 Å². The van der Waals surface area contributed by atoms with Crippen LogP contribution in [0.25, 0.3) is 0 Å². The standard InChI is InChI=1S/C32H36ClFN2O2S/c1-23-11-8-9-14-25(23)20-36(31(37)22-39-21-27-28(33)17-10-18-29(27)34)30(19-24-12-4-2-5-13-24)32(38)35-26-15-6-3-7-16-26/h2,4-5,8-14,17-18,26,30H,3,6-7,15-16,19-22H2,1H3,(H,35,38)/t30-/m1/s1. The molecule has 39 heavy (non-hydrogen) atoms. The quantitative estimate of drug-likeness (QED) is 0.269. The summed E-state index contributed by atoms with van der Waals surface area (Å²) in [5, 5.41) is 3.61. The van der Waals surface area contributed by atoms with Crippen molar-refractivity contribution in [2.75, 3.05) is 5.75 Å². The van der Waals surface area contributed by atoms with Crippen LogP contribution in [0.5, 0.6) is 0 Å². The number of hydrogen-bond donors (Lipinski definition) is 1. The van der Waals surface area contributed by atoms with Crippen molar-refractivity contribution in [1.82, 2.24) is 10.2 Å². The smallest absolute Gasteiger partial charge is 0.243 e. The third-order valence-electron chi connectivity index (χ3n) is 7.36. The zero-order chi connectivity index (χ0) is 27.6. The lowest BCUT2D eigenvalue weighted by atomic mass is 9.94. The molecule has 0 aromatic heterocycles. The molecule has 4 nitrogen and oxygen atoms in total. The highest BCUT2D eigenvalue weighted by atomic mass is 35.5. The zero-order valence-electron chi connectivity index (χ0n) is 22.4. The van der Waals surface area contributed by atoms with E-state index in [0.29, 0.717) is 23.6 Å². The van der Waals surface area contributed by atoms with Gasteiger partial charge in [0, 0.05) is 35.3 Å². The van der Waals surface area contributed by atoms with Crippen LogP contribution < -0.4 is 5.32 Å². The number of halogens is 2. The van der Waals surface area contributed by atoms with E-state index in [4.69, 9.17) is 11.6 Å². The van der Waals surface area contributed by atoms with Gasteiger partial charge in [-0.2, -0.15) is 0 Å². The van der Waals surface area contributed by atoms with Gasteiger partial charge in [-0.15, -0.1) is 11.8 Å². The summed E-state index contributed by atoms with van der Waals surface area (Å²) in [5.41, 5.74) is 3.44. The third-order valence-corrected chi connectivity index (χ3v) is 8.66. The van der Waals surface area contributed by atoms with Crippen molar-refractivity contribution in [3.05, 3.63) is 106 Å². The Morgan fingerprint density at radius 3 is 2.44 bits per heavy atom. The van der Waals surface area contributed by atoms with Gasteiger partial charge in [-0.1, -0.05) is 91.5 Å². The molecule has 3 aromatic rings. The van der Waals surface area contributed by atoms with Gasteiger partial charge in [-0.3, -0.25) is 9.59 Å². The van der Waals surface area contributed by atoms with Crippen LogP contribution in [0.1, 0.15) is 54.4 Å². The molecule has 1 fully saturated rings.